The van der Waals surface area contributed by atoms with Crippen LogP contribution < -0.4 is 0 Å². The van der Waals surface area contributed by atoms with Crippen LogP contribution in [0.3, 0.4) is 0 Å². The number of hydrogen-bond donors (Lipinski definition) is 0. The summed E-state index contributed by atoms with van der Waals surface area (Å²) >= 11 is 1.65. The van der Waals surface area contributed by atoms with E-state index < -0.39 is 0 Å². The highest BCUT2D eigenvalue weighted by atomic mass is 32.2. The lowest BCUT2D eigenvalue weighted by Gasteiger charge is -2.36. The number of aliphatic imine (C=N–C) groups is 1. The number of amides is 1. The molecule has 3 heterocycles. The fourth-order valence-corrected chi connectivity index (χ4v) is 4.86. The van der Waals surface area contributed by atoms with E-state index in [0.29, 0.717) is 12.5 Å². The van der Waals surface area contributed by atoms with Crippen molar-refractivity contribution in [3.05, 3.63) is 46.5 Å². The molecule has 0 aliphatic carbocycles. The van der Waals surface area contributed by atoms with Gasteiger partial charge in [-0.1, -0.05) is 36.0 Å². The van der Waals surface area contributed by atoms with E-state index in [0.717, 1.165) is 49.9 Å². The van der Waals surface area contributed by atoms with E-state index in [2.05, 4.69) is 51.5 Å². The van der Waals surface area contributed by atoms with Gasteiger partial charge in [-0.05, 0) is 36.4 Å². The molecular weight excluding hydrogens is 344 g/mol. The molecular formula is C20H26N4OS. The number of rotatable bonds is 4. The third kappa shape index (κ3) is 3.53. The van der Waals surface area contributed by atoms with Gasteiger partial charge in [-0.15, -0.1) is 0 Å². The van der Waals surface area contributed by atoms with Crippen molar-refractivity contribution in [1.29, 1.82) is 0 Å². The van der Waals surface area contributed by atoms with Gasteiger partial charge in [-0.3, -0.25) is 14.7 Å². The smallest absolute Gasteiger partial charge is 0.228 e. The topological polar surface area (TPSA) is 39.1 Å². The van der Waals surface area contributed by atoms with Gasteiger partial charge in [0.2, 0.25) is 5.91 Å². The van der Waals surface area contributed by atoms with Crippen LogP contribution in [0.1, 0.15) is 24.0 Å². The molecule has 1 amide bonds. The van der Waals surface area contributed by atoms with Gasteiger partial charge in [0, 0.05) is 45.0 Å². The first-order valence-electron chi connectivity index (χ1n) is 9.30. The molecule has 0 saturated heterocycles. The molecule has 0 spiro atoms. The zero-order valence-corrected chi connectivity index (χ0v) is 16.3. The lowest BCUT2D eigenvalue weighted by molar-refractivity contribution is -0.130. The molecule has 0 bridgehead atoms. The van der Waals surface area contributed by atoms with Crippen LogP contribution >= 0.6 is 11.8 Å². The zero-order valence-electron chi connectivity index (χ0n) is 15.5. The Labute approximate surface area is 159 Å². The maximum absolute atomic E-state index is 12.8. The Hall–Kier alpha value is -1.79. The summed E-state index contributed by atoms with van der Waals surface area (Å²) in [6.45, 7) is 3.61. The Bertz CT molecular complexity index is 760. The van der Waals surface area contributed by atoms with E-state index in [-0.39, 0.29) is 5.91 Å². The zero-order chi connectivity index (χ0) is 18.1. The molecule has 138 valence electrons. The van der Waals surface area contributed by atoms with E-state index in [9.17, 15) is 4.79 Å². The second-order valence-electron chi connectivity index (χ2n) is 7.39. The molecule has 0 fully saturated rings. The van der Waals surface area contributed by atoms with Crippen LogP contribution in [0, 0.1) is 0 Å². The van der Waals surface area contributed by atoms with Crippen LogP contribution in [0.15, 0.2) is 40.4 Å². The van der Waals surface area contributed by atoms with E-state index in [1.807, 2.05) is 11.9 Å². The van der Waals surface area contributed by atoms with E-state index in [1.54, 1.807) is 11.8 Å². The van der Waals surface area contributed by atoms with E-state index in [4.69, 9.17) is 0 Å². The summed E-state index contributed by atoms with van der Waals surface area (Å²) < 4.78 is 0. The molecule has 1 aromatic carbocycles. The molecule has 3 aliphatic rings. The highest BCUT2D eigenvalue weighted by molar-refractivity contribution is 8.16. The Kier molecular flexibility index (Phi) is 5.05. The van der Waals surface area contributed by atoms with Crippen molar-refractivity contribution in [3.63, 3.8) is 0 Å². The highest BCUT2D eigenvalue weighted by Crippen LogP contribution is 2.31. The van der Waals surface area contributed by atoms with Crippen LogP contribution in [-0.2, 0) is 17.8 Å². The van der Waals surface area contributed by atoms with Crippen molar-refractivity contribution >= 4 is 22.8 Å². The largest absolute Gasteiger partial charge is 0.344 e. The van der Waals surface area contributed by atoms with Gasteiger partial charge in [0.15, 0.2) is 5.17 Å². The molecule has 5 nitrogen and oxygen atoms in total. The van der Waals surface area contributed by atoms with Crippen LogP contribution in [0.5, 0.6) is 0 Å². The molecule has 0 N–H and O–H groups in total. The molecule has 1 atom stereocenters. The summed E-state index contributed by atoms with van der Waals surface area (Å²) in [7, 11) is 4.09. The number of hydrogen-bond acceptors (Lipinski definition) is 5. The Balaban J connectivity index is 1.36. The molecule has 0 unspecified atom stereocenters. The molecule has 6 heteroatoms. The molecule has 0 saturated carbocycles. The number of amidine groups is 1. The summed E-state index contributed by atoms with van der Waals surface area (Å²) in [4.78, 5) is 23.8. The fraction of sp³-hybridized carbons (Fsp3) is 0.500. The monoisotopic (exact) mass is 370 g/mol. The number of nitrogens with zero attached hydrogens (tertiary/aromatic N) is 4. The maximum atomic E-state index is 12.8. The second-order valence-corrected chi connectivity index (χ2v) is 8.23. The van der Waals surface area contributed by atoms with Crippen molar-refractivity contribution < 1.29 is 4.79 Å². The minimum absolute atomic E-state index is 0.191. The third-order valence-electron chi connectivity index (χ3n) is 5.52. The third-order valence-corrected chi connectivity index (χ3v) is 6.47. The van der Waals surface area contributed by atoms with Crippen molar-refractivity contribution in [2.75, 3.05) is 33.7 Å². The van der Waals surface area contributed by atoms with Crippen LogP contribution in [0.2, 0.25) is 0 Å². The molecule has 3 aliphatic heterocycles. The minimum Gasteiger partial charge on any atom is -0.344 e. The number of fused-ring (bicyclic) bond motifs is 2. The summed E-state index contributed by atoms with van der Waals surface area (Å²) in [6, 6.07) is 9.01. The van der Waals surface area contributed by atoms with E-state index in [1.165, 1.54) is 11.1 Å². The average Bonchev–Trinajstić information content (AvgIpc) is 3.05. The molecule has 26 heavy (non-hydrogen) atoms. The Morgan fingerprint density at radius 2 is 2.15 bits per heavy atom. The van der Waals surface area contributed by atoms with Gasteiger partial charge in [0.1, 0.15) is 0 Å². The van der Waals surface area contributed by atoms with Gasteiger partial charge in [-0.2, -0.15) is 0 Å². The van der Waals surface area contributed by atoms with Crippen LogP contribution in [0.4, 0.5) is 0 Å². The fourth-order valence-electron chi connectivity index (χ4n) is 3.90. The molecule has 1 aromatic rings. The summed E-state index contributed by atoms with van der Waals surface area (Å²) in [5.41, 5.74) is 3.93. The summed E-state index contributed by atoms with van der Waals surface area (Å²) in [6.07, 6.45) is 2.54. The number of carbonyl (C=O) groups excluding carboxylic acids is 1. The van der Waals surface area contributed by atoms with Gasteiger partial charge in [0.05, 0.1) is 6.42 Å². The quantitative estimate of drug-likeness (QED) is 0.817. The Morgan fingerprint density at radius 3 is 3.00 bits per heavy atom. The lowest BCUT2D eigenvalue weighted by Crippen LogP contribution is -2.46. The predicted molar refractivity (Wildman–Crippen MR) is 107 cm³/mol. The van der Waals surface area contributed by atoms with Gasteiger partial charge >= 0.3 is 0 Å². The highest BCUT2D eigenvalue weighted by Gasteiger charge is 2.29. The number of likely N-dealkylation sites (N-methyl/N-ethyl adjacent to an activating group) is 2. The molecule has 0 aromatic heterocycles. The van der Waals surface area contributed by atoms with Crippen LogP contribution in [0.25, 0.3) is 0 Å². The predicted octanol–water partition coefficient (Wildman–Crippen LogP) is 2.54. The number of thioether (sulfide) groups is 1. The standard InChI is InChI=1S/C20H26N4OS/c1-22-12-16-7-4-3-6-15(16)10-17(22)13-23(2)19(25)11-18-14-26-20-21-8-5-9-24(18)20/h3-4,6-7,14,17H,5,8-13H2,1-2H3/t17-/m0/s1. The first-order valence-corrected chi connectivity index (χ1v) is 10.2. The first kappa shape index (κ1) is 17.6. The van der Waals surface area contributed by atoms with Crippen molar-refractivity contribution in [2.45, 2.75) is 31.8 Å². The van der Waals surface area contributed by atoms with E-state index >= 15 is 0 Å². The van der Waals surface area contributed by atoms with Crippen molar-refractivity contribution in [1.82, 2.24) is 14.7 Å². The van der Waals surface area contributed by atoms with Crippen LogP contribution in [-0.4, -0.2) is 65.5 Å². The van der Waals surface area contributed by atoms with Gasteiger partial charge in [-0.25, -0.2) is 0 Å². The second kappa shape index (κ2) is 7.45. The number of carbonyl (C=O) groups is 1. The Morgan fingerprint density at radius 1 is 1.35 bits per heavy atom. The maximum Gasteiger partial charge on any atom is 0.228 e. The first-order chi connectivity index (χ1) is 12.6. The number of benzene rings is 1. The molecule has 4 rings (SSSR count). The van der Waals surface area contributed by atoms with Crippen molar-refractivity contribution in [3.8, 4) is 0 Å². The van der Waals surface area contributed by atoms with Crippen molar-refractivity contribution in [2.24, 2.45) is 4.99 Å². The molecule has 0 radical (unpaired) electrons. The van der Waals surface area contributed by atoms with Gasteiger partial charge < -0.3 is 9.80 Å². The normalized spacial score (nSPS) is 22.4. The average molecular weight is 371 g/mol. The SMILES string of the molecule is CN(C[C@@H]1Cc2ccccc2CN1C)C(=O)CC1=CSC2=NCCCN12. The minimum atomic E-state index is 0.191. The lowest BCUT2D eigenvalue weighted by atomic mass is 9.94. The summed E-state index contributed by atoms with van der Waals surface area (Å²) in [5, 5.41) is 3.16. The summed E-state index contributed by atoms with van der Waals surface area (Å²) in [5.74, 6) is 0.191. The van der Waals surface area contributed by atoms with Gasteiger partial charge in [0.25, 0.3) is 0 Å².